The second-order valence-electron chi connectivity index (χ2n) is 6.55. The predicted octanol–water partition coefficient (Wildman–Crippen LogP) is 2.00. The van der Waals surface area contributed by atoms with E-state index in [9.17, 15) is 9.59 Å². The number of amides is 1. The van der Waals surface area contributed by atoms with Gasteiger partial charge >= 0.3 is 5.97 Å². The maximum atomic E-state index is 12.2. The second kappa shape index (κ2) is 9.03. The summed E-state index contributed by atoms with van der Waals surface area (Å²) in [6.45, 7) is 5.44. The third-order valence-electron chi connectivity index (χ3n) is 4.78. The van der Waals surface area contributed by atoms with E-state index in [2.05, 4.69) is 19.2 Å². The van der Waals surface area contributed by atoms with Gasteiger partial charge in [0.15, 0.2) is 0 Å². The first-order valence-corrected chi connectivity index (χ1v) is 8.15. The van der Waals surface area contributed by atoms with Gasteiger partial charge in [0.2, 0.25) is 5.91 Å². The number of nitrogens with one attached hydrogen (secondary N) is 1. The first-order chi connectivity index (χ1) is 9.95. The quantitative estimate of drug-likeness (QED) is 0.607. The Bertz CT molecular complexity index is 344. The van der Waals surface area contributed by atoms with Gasteiger partial charge in [-0.1, -0.05) is 20.3 Å². The lowest BCUT2D eigenvalue weighted by Crippen LogP contribution is -2.36. The standard InChI is InChI=1S/C16H30N2O3/c1-11(2)12(6-7-15(19)20)8-9-18-16(21)14-5-3-4-13(14)10-17/h11-14H,3-10,17H2,1-2H3,(H,18,21)(H,19,20). The van der Waals surface area contributed by atoms with Gasteiger partial charge in [-0.05, 0) is 50.0 Å². The fourth-order valence-corrected chi connectivity index (χ4v) is 3.30. The van der Waals surface area contributed by atoms with E-state index in [1.54, 1.807) is 0 Å². The number of nitrogens with two attached hydrogens (primary N) is 1. The van der Waals surface area contributed by atoms with Crippen LogP contribution in [0.4, 0.5) is 0 Å². The third kappa shape index (κ3) is 6.04. The van der Waals surface area contributed by atoms with Crippen LogP contribution in [0.25, 0.3) is 0 Å². The van der Waals surface area contributed by atoms with Crippen molar-refractivity contribution in [2.75, 3.05) is 13.1 Å². The molecule has 0 aliphatic heterocycles. The average molecular weight is 298 g/mol. The molecule has 1 fully saturated rings. The molecule has 1 amide bonds. The molecule has 21 heavy (non-hydrogen) atoms. The molecule has 5 heteroatoms. The van der Waals surface area contributed by atoms with Crippen LogP contribution in [0.15, 0.2) is 0 Å². The zero-order valence-corrected chi connectivity index (χ0v) is 13.3. The zero-order valence-electron chi connectivity index (χ0n) is 13.3. The highest BCUT2D eigenvalue weighted by Crippen LogP contribution is 2.31. The van der Waals surface area contributed by atoms with Gasteiger partial charge in [-0.2, -0.15) is 0 Å². The average Bonchev–Trinajstić information content (AvgIpc) is 2.90. The van der Waals surface area contributed by atoms with Crippen molar-refractivity contribution < 1.29 is 14.7 Å². The predicted molar refractivity (Wildman–Crippen MR) is 82.7 cm³/mol. The van der Waals surface area contributed by atoms with Crippen molar-refractivity contribution in [1.82, 2.24) is 5.32 Å². The Morgan fingerprint density at radius 2 is 2.00 bits per heavy atom. The fraction of sp³-hybridized carbons (Fsp3) is 0.875. The second-order valence-corrected chi connectivity index (χ2v) is 6.55. The Balaban J connectivity index is 2.32. The van der Waals surface area contributed by atoms with Gasteiger partial charge in [0.1, 0.15) is 0 Å². The van der Waals surface area contributed by atoms with E-state index in [4.69, 9.17) is 10.8 Å². The molecule has 1 saturated carbocycles. The molecule has 0 aromatic heterocycles. The Morgan fingerprint density at radius 1 is 1.29 bits per heavy atom. The number of rotatable bonds is 9. The van der Waals surface area contributed by atoms with Crippen LogP contribution in [0, 0.1) is 23.7 Å². The summed E-state index contributed by atoms with van der Waals surface area (Å²) in [5.74, 6) is 0.564. The van der Waals surface area contributed by atoms with Crippen molar-refractivity contribution in [2.24, 2.45) is 29.4 Å². The van der Waals surface area contributed by atoms with E-state index >= 15 is 0 Å². The van der Waals surface area contributed by atoms with Crippen LogP contribution in [0.3, 0.4) is 0 Å². The van der Waals surface area contributed by atoms with Crippen LogP contribution in [-0.2, 0) is 9.59 Å². The molecule has 1 rings (SSSR count). The minimum absolute atomic E-state index is 0.0755. The Labute approximate surface area is 127 Å². The first-order valence-electron chi connectivity index (χ1n) is 8.15. The highest BCUT2D eigenvalue weighted by molar-refractivity contribution is 5.79. The maximum absolute atomic E-state index is 12.2. The summed E-state index contributed by atoms with van der Waals surface area (Å²) >= 11 is 0. The number of aliphatic carboxylic acids is 1. The van der Waals surface area contributed by atoms with Crippen LogP contribution in [0.1, 0.15) is 52.4 Å². The lowest BCUT2D eigenvalue weighted by Gasteiger charge is -2.22. The molecule has 122 valence electrons. The third-order valence-corrected chi connectivity index (χ3v) is 4.78. The molecular formula is C16H30N2O3. The van der Waals surface area contributed by atoms with Crippen molar-refractivity contribution in [3.05, 3.63) is 0 Å². The molecule has 0 saturated heterocycles. The van der Waals surface area contributed by atoms with Crippen molar-refractivity contribution >= 4 is 11.9 Å². The lowest BCUT2D eigenvalue weighted by atomic mass is 9.88. The van der Waals surface area contributed by atoms with Crippen molar-refractivity contribution in [1.29, 1.82) is 0 Å². The normalized spacial score (nSPS) is 23.2. The molecular weight excluding hydrogens is 268 g/mol. The molecule has 0 bridgehead atoms. The van der Waals surface area contributed by atoms with Gasteiger partial charge in [-0.25, -0.2) is 0 Å². The topological polar surface area (TPSA) is 92.4 Å². The number of carboxylic acid groups (broad SMARTS) is 1. The summed E-state index contributed by atoms with van der Waals surface area (Å²) in [5.41, 5.74) is 5.71. The van der Waals surface area contributed by atoms with Gasteiger partial charge in [0.05, 0.1) is 0 Å². The molecule has 3 atom stereocenters. The largest absolute Gasteiger partial charge is 0.481 e. The van der Waals surface area contributed by atoms with E-state index in [1.807, 2.05) is 0 Å². The van der Waals surface area contributed by atoms with E-state index < -0.39 is 5.97 Å². The monoisotopic (exact) mass is 298 g/mol. The molecule has 1 aliphatic carbocycles. The van der Waals surface area contributed by atoms with Crippen LogP contribution in [0.2, 0.25) is 0 Å². The van der Waals surface area contributed by atoms with Gasteiger partial charge in [0, 0.05) is 18.9 Å². The van der Waals surface area contributed by atoms with E-state index in [1.165, 1.54) is 0 Å². The van der Waals surface area contributed by atoms with Gasteiger partial charge in [-0.3, -0.25) is 9.59 Å². The molecule has 0 spiro atoms. The van der Waals surface area contributed by atoms with Crippen LogP contribution < -0.4 is 11.1 Å². The summed E-state index contributed by atoms with van der Waals surface area (Å²) in [4.78, 5) is 22.8. The van der Waals surface area contributed by atoms with E-state index in [0.717, 1.165) is 25.7 Å². The van der Waals surface area contributed by atoms with Crippen LogP contribution in [0.5, 0.6) is 0 Å². The lowest BCUT2D eigenvalue weighted by molar-refractivity contribution is -0.137. The fourth-order valence-electron chi connectivity index (χ4n) is 3.30. The molecule has 1 aliphatic rings. The summed E-state index contributed by atoms with van der Waals surface area (Å²) in [5, 5.41) is 11.8. The SMILES string of the molecule is CC(C)C(CCNC(=O)C1CCCC1CN)CCC(=O)O. The van der Waals surface area contributed by atoms with Crippen LogP contribution in [-0.4, -0.2) is 30.1 Å². The van der Waals surface area contributed by atoms with E-state index in [0.29, 0.717) is 37.3 Å². The molecule has 0 aromatic carbocycles. The Hall–Kier alpha value is -1.10. The smallest absolute Gasteiger partial charge is 0.303 e. The first kappa shape index (κ1) is 18.0. The summed E-state index contributed by atoms with van der Waals surface area (Å²) in [6, 6.07) is 0. The summed E-state index contributed by atoms with van der Waals surface area (Å²) in [6.07, 6.45) is 4.82. The van der Waals surface area contributed by atoms with Crippen molar-refractivity contribution in [3.8, 4) is 0 Å². The minimum Gasteiger partial charge on any atom is -0.481 e. The number of carbonyl (C=O) groups is 2. The molecule has 0 radical (unpaired) electrons. The van der Waals surface area contributed by atoms with Gasteiger partial charge in [0.25, 0.3) is 0 Å². The van der Waals surface area contributed by atoms with Gasteiger partial charge in [-0.15, -0.1) is 0 Å². The summed E-state index contributed by atoms with van der Waals surface area (Å²) in [7, 11) is 0. The molecule has 3 unspecified atom stereocenters. The number of carboxylic acids is 1. The molecule has 0 heterocycles. The Morgan fingerprint density at radius 3 is 2.57 bits per heavy atom. The Kier molecular flexibility index (Phi) is 7.72. The van der Waals surface area contributed by atoms with Crippen molar-refractivity contribution in [2.45, 2.75) is 52.4 Å². The number of hydrogen-bond donors (Lipinski definition) is 3. The molecule has 0 aromatic rings. The van der Waals surface area contributed by atoms with Gasteiger partial charge < -0.3 is 16.2 Å². The van der Waals surface area contributed by atoms with Crippen LogP contribution >= 0.6 is 0 Å². The number of hydrogen-bond acceptors (Lipinski definition) is 3. The highest BCUT2D eigenvalue weighted by Gasteiger charge is 2.31. The summed E-state index contributed by atoms with van der Waals surface area (Å²) < 4.78 is 0. The molecule has 5 nitrogen and oxygen atoms in total. The van der Waals surface area contributed by atoms with Crippen molar-refractivity contribution in [3.63, 3.8) is 0 Å². The number of carbonyl (C=O) groups excluding carboxylic acids is 1. The molecule has 4 N–H and O–H groups in total. The zero-order chi connectivity index (χ0) is 15.8. The minimum atomic E-state index is -0.749. The van der Waals surface area contributed by atoms with E-state index in [-0.39, 0.29) is 18.2 Å². The maximum Gasteiger partial charge on any atom is 0.303 e. The highest BCUT2D eigenvalue weighted by atomic mass is 16.4.